The molecule has 0 aliphatic rings. The summed E-state index contributed by atoms with van der Waals surface area (Å²) in [4.78, 5) is 32.3. The number of hydrogen-bond acceptors (Lipinski definition) is 6. The second-order valence-corrected chi connectivity index (χ2v) is 6.97. The Bertz CT molecular complexity index is 1280. The molecule has 0 saturated heterocycles. The van der Waals surface area contributed by atoms with Gasteiger partial charge in [-0.25, -0.2) is 9.78 Å². The Morgan fingerprint density at radius 3 is 3.00 bits per heavy atom. The zero-order valence-electron chi connectivity index (χ0n) is 15.7. The number of amides is 1. The summed E-state index contributed by atoms with van der Waals surface area (Å²) in [5.74, 6) is -0.0627. The number of benzene rings is 1. The number of ether oxygens (including phenoxy) is 1. The second kappa shape index (κ2) is 7.56. The van der Waals surface area contributed by atoms with E-state index in [4.69, 9.17) is 20.8 Å². The third-order valence-corrected chi connectivity index (χ3v) is 4.81. The van der Waals surface area contributed by atoms with Crippen molar-refractivity contribution < 1.29 is 13.9 Å². The number of imidazole rings is 1. The lowest BCUT2D eigenvalue weighted by molar-refractivity contribution is -0.127. The maximum absolute atomic E-state index is 12.5. The van der Waals surface area contributed by atoms with E-state index in [-0.39, 0.29) is 18.2 Å². The molecule has 0 bridgehead atoms. The van der Waals surface area contributed by atoms with Crippen LogP contribution in [-0.4, -0.2) is 26.4 Å². The molecule has 1 atom stereocenters. The van der Waals surface area contributed by atoms with Crippen LogP contribution in [0.3, 0.4) is 0 Å². The normalized spacial score (nSPS) is 12.2. The molecule has 0 aliphatic carbocycles. The van der Waals surface area contributed by atoms with Crippen LogP contribution in [0.25, 0.3) is 16.6 Å². The van der Waals surface area contributed by atoms with E-state index in [1.807, 2.05) is 4.40 Å². The van der Waals surface area contributed by atoms with Crippen molar-refractivity contribution in [3.8, 4) is 5.75 Å². The molecule has 3 heterocycles. The van der Waals surface area contributed by atoms with Crippen molar-refractivity contribution in [2.45, 2.75) is 26.5 Å². The van der Waals surface area contributed by atoms with Crippen LogP contribution in [0.5, 0.6) is 5.75 Å². The molecular weight excluding hydrogens is 396 g/mol. The Morgan fingerprint density at radius 2 is 2.17 bits per heavy atom. The molecule has 0 spiro atoms. The summed E-state index contributed by atoms with van der Waals surface area (Å²) in [5.41, 5.74) is 2.14. The lowest BCUT2D eigenvalue weighted by Crippen LogP contribution is -2.36. The van der Waals surface area contributed by atoms with E-state index in [9.17, 15) is 9.59 Å². The molecule has 1 N–H and O–H groups in total. The first-order valence-electron chi connectivity index (χ1n) is 8.86. The molecule has 0 saturated carbocycles. The molecule has 9 heteroatoms. The minimum atomic E-state index is -0.817. The predicted octanol–water partition coefficient (Wildman–Crippen LogP) is 2.88. The highest BCUT2D eigenvalue weighted by Crippen LogP contribution is 2.31. The summed E-state index contributed by atoms with van der Waals surface area (Å²) in [6.07, 6.45) is 5.91. The largest absolute Gasteiger partial charge is 0.479 e. The lowest BCUT2D eigenvalue weighted by atomic mass is 10.1. The first kappa shape index (κ1) is 18.9. The molecule has 1 amide bonds. The van der Waals surface area contributed by atoms with Crippen molar-refractivity contribution in [2.75, 3.05) is 0 Å². The fourth-order valence-electron chi connectivity index (χ4n) is 3.00. The van der Waals surface area contributed by atoms with Gasteiger partial charge >= 0.3 is 5.63 Å². The molecule has 3 aromatic heterocycles. The van der Waals surface area contributed by atoms with Crippen molar-refractivity contribution in [1.82, 2.24) is 19.7 Å². The average Bonchev–Trinajstić information content (AvgIpc) is 3.10. The second-order valence-electron chi connectivity index (χ2n) is 6.56. The monoisotopic (exact) mass is 412 g/mol. The van der Waals surface area contributed by atoms with Crippen LogP contribution in [0.15, 0.2) is 52.2 Å². The topological polar surface area (TPSA) is 98.7 Å². The Morgan fingerprint density at radius 1 is 1.34 bits per heavy atom. The third kappa shape index (κ3) is 3.79. The van der Waals surface area contributed by atoms with Gasteiger partial charge in [0.25, 0.3) is 5.91 Å². The Balaban J connectivity index is 1.48. The predicted molar refractivity (Wildman–Crippen MR) is 107 cm³/mol. The van der Waals surface area contributed by atoms with Crippen LogP contribution < -0.4 is 15.7 Å². The van der Waals surface area contributed by atoms with Gasteiger partial charge in [-0.1, -0.05) is 11.6 Å². The van der Waals surface area contributed by atoms with Crippen LogP contribution in [0.4, 0.5) is 0 Å². The van der Waals surface area contributed by atoms with Crippen LogP contribution in [0, 0.1) is 6.92 Å². The van der Waals surface area contributed by atoms with Gasteiger partial charge in [0.2, 0.25) is 0 Å². The molecule has 148 valence electrons. The van der Waals surface area contributed by atoms with Gasteiger partial charge < -0.3 is 14.5 Å². The van der Waals surface area contributed by atoms with Gasteiger partial charge in [0.05, 0.1) is 29.7 Å². The number of nitrogens with one attached hydrogen (secondary N) is 1. The molecule has 0 aliphatic heterocycles. The fourth-order valence-corrected chi connectivity index (χ4v) is 3.21. The quantitative estimate of drug-likeness (QED) is 0.506. The smallest absolute Gasteiger partial charge is 0.336 e. The van der Waals surface area contributed by atoms with Crippen molar-refractivity contribution >= 4 is 34.1 Å². The molecule has 0 fully saturated rings. The standard InChI is InChI=1S/C20H17ClN4O4/c1-11-5-19(26)29-16-7-17(15(21)6-14(11)16)28-12(2)20(27)24-9-13-8-23-18-10-22-3-4-25(13)18/h3-8,10,12H,9H2,1-2H3,(H,24,27). The van der Waals surface area contributed by atoms with Gasteiger partial charge in [-0.15, -0.1) is 0 Å². The molecular formula is C20H17ClN4O4. The summed E-state index contributed by atoms with van der Waals surface area (Å²) >= 11 is 6.29. The third-order valence-electron chi connectivity index (χ3n) is 4.51. The average molecular weight is 413 g/mol. The minimum Gasteiger partial charge on any atom is -0.479 e. The summed E-state index contributed by atoms with van der Waals surface area (Å²) < 4.78 is 12.8. The molecule has 8 nitrogen and oxygen atoms in total. The zero-order valence-corrected chi connectivity index (χ0v) is 16.4. The summed E-state index contributed by atoms with van der Waals surface area (Å²) in [5, 5.41) is 3.84. The van der Waals surface area contributed by atoms with Crippen molar-refractivity contribution in [3.05, 3.63) is 69.7 Å². The number of carbonyl (C=O) groups is 1. The number of aryl methyl sites for hydroxylation is 1. The SMILES string of the molecule is Cc1cc(=O)oc2cc(OC(C)C(=O)NCc3cnc4cnccn34)c(Cl)cc12. The Labute approximate surface area is 170 Å². The van der Waals surface area contributed by atoms with Gasteiger partial charge in [0.1, 0.15) is 11.3 Å². The maximum atomic E-state index is 12.5. The number of fused-ring (bicyclic) bond motifs is 2. The molecule has 4 rings (SSSR count). The van der Waals surface area contributed by atoms with Crippen LogP contribution in [0.2, 0.25) is 5.02 Å². The molecule has 0 radical (unpaired) electrons. The highest BCUT2D eigenvalue weighted by Gasteiger charge is 2.18. The van der Waals surface area contributed by atoms with E-state index in [0.29, 0.717) is 21.6 Å². The Hall–Kier alpha value is -3.39. The van der Waals surface area contributed by atoms with Crippen LogP contribution >= 0.6 is 11.6 Å². The highest BCUT2D eigenvalue weighted by molar-refractivity contribution is 6.32. The van der Waals surface area contributed by atoms with Gasteiger partial charge in [-0.2, -0.15) is 0 Å². The van der Waals surface area contributed by atoms with Crippen molar-refractivity contribution in [2.24, 2.45) is 0 Å². The first-order valence-corrected chi connectivity index (χ1v) is 9.24. The first-order chi connectivity index (χ1) is 13.9. The number of aromatic nitrogens is 3. The van der Waals surface area contributed by atoms with E-state index in [1.54, 1.807) is 44.7 Å². The van der Waals surface area contributed by atoms with E-state index in [1.165, 1.54) is 12.1 Å². The van der Waals surface area contributed by atoms with Gasteiger partial charge in [0.15, 0.2) is 11.8 Å². The molecule has 1 aromatic carbocycles. The molecule has 4 aromatic rings. The maximum Gasteiger partial charge on any atom is 0.336 e. The van der Waals surface area contributed by atoms with Crippen LogP contribution in [0.1, 0.15) is 18.2 Å². The van der Waals surface area contributed by atoms with E-state index < -0.39 is 11.7 Å². The lowest BCUT2D eigenvalue weighted by Gasteiger charge is -2.16. The number of hydrogen-bond donors (Lipinski definition) is 1. The molecule has 29 heavy (non-hydrogen) atoms. The van der Waals surface area contributed by atoms with Crippen molar-refractivity contribution in [1.29, 1.82) is 0 Å². The summed E-state index contributed by atoms with van der Waals surface area (Å²) in [6.45, 7) is 3.68. The number of carbonyl (C=O) groups excluding carboxylic acids is 1. The number of nitrogens with zero attached hydrogens (tertiary/aromatic N) is 3. The number of rotatable bonds is 5. The van der Waals surface area contributed by atoms with E-state index >= 15 is 0 Å². The number of halogens is 1. The van der Waals surface area contributed by atoms with E-state index in [0.717, 1.165) is 11.3 Å². The summed E-state index contributed by atoms with van der Waals surface area (Å²) in [7, 11) is 0. The summed E-state index contributed by atoms with van der Waals surface area (Å²) in [6, 6.07) is 4.57. The van der Waals surface area contributed by atoms with Crippen LogP contribution in [-0.2, 0) is 11.3 Å². The zero-order chi connectivity index (χ0) is 20.5. The van der Waals surface area contributed by atoms with Crippen molar-refractivity contribution in [3.63, 3.8) is 0 Å². The Kier molecular flexibility index (Phi) is 4.94. The van der Waals surface area contributed by atoms with Gasteiger partial charge in [0, 0.05) is 29.9 Å². The van der Waals surface area contributed by atoms with E-state index in [2.05, 4.69) is 15.3 Å². The molecule has 1 unspecified atom stereocenters. The minimum absolute atomic E-state index is 0.261. The van der Waals surface area contributed by atoms with Gasteiger partial charge in [-0.3, -0.25) is 14.2 Å². The highest BCUT2D eigenvalue weighted by atomic mass is 35.5. The fraction of sp³-hybridized carbons (Fsp3) is 0.200. The van der Waals surface area contributed by atoms with Gasteiger partial charge in [-0.05, 0) is 25.5 Å².